The van der Waals surface area contributed by atoms with E-state index >= 15 is 0 Å². The van der Waals surface area contributed by atoms with Crippen molar-refractivity contribution in [2.24, 2.45) is 7.05 Å². The van der Waals surface area contributed by atoms with Gasteiger partial charge in [0.1, 0.15) is 17.8 Å². The van der Waals surface area contributed by atoms with Gasteiger partial charge in [-0.3, -0.25) is 4.68 Å². The second-order valence-corrected chi connectivity index (χ2v) is 3.97. The fraction of sp³-hybridized carbons (Fsp3) is 0.222. The van der Waals surface area contributed by atoms with Gasteiger partial charge in [0, 0.05) is 12.6 Å². The quantitative estimate of drug-likeness (QED) is 0.643. The molecule has 0 radical (unpaired) electrons. The van der Waals surface area contributed by atoms with Crippen LogP contribution >= 0.6 is 11.6 Å². The van der Waals surface area contributed by atoms with Gasteiger partial charge in [0.05, 0.1) is 0 Å². The monoisotopic (exact) mass is 265 g/mol. The standard InChI is InChI=1S/C9H8ClN7O/c1-5-6(10)14-8-11-3-13-17(8)7(5)18-9-12-4-16(2)15-9/h3-4H,1-2H3. The van der Waals surface area contributed by atoms with E-state index in [1.54, 1.807) is 14.0 Å². The number of fused-ring (bicyclic) bond motifs is 1. The van der Waals surface area contributed by atoms with Gasteiger partial charge in [-0.2, -0.15) is 24.6 Å². The van der Waals surface area contributed by atoms with Gasteiger partial charge in [-0.05, 0) is 6.92 Å². The van der Waals surface area contributed by atoms with Crippen molar-refractivity contribution >= 4 is 17.4 Å². The van der Waals surface area contributed by atoms with E-state index < -0.39 is 0 Å². The maximum Gasteiger partial charge on any atom is 0.342 e. The van der Waals surface area contributed by atoms with E-state index in [1.807, 2.05) is 0 Å². The van der Waals surface area contributed by atoms with Crippen LogP contribution in [0.2, 0.25) is 5.15 Å². The molecule has 3 rings (SSSR count). The molecular weight excluding hydrogens is 258 g/mol. The molecule has 18 heavy (non-hydrogen) atoms. The van der Waals surface area contributed by atoms with E-state index in [4.69, 9.17) is 16.3 Å². The summed E-state index contributed by atoms with van der Waals surface area (Å²) in [7, 11) is 1.75. The molecule has 0 amide bonds. The predicted molar refractivity (Wildman–Crippen MR) is 61.6 cm³/mol. The van der Waals surface area contributed by atoms with Crippen LogP contribution in [0.3, 0.4) is 0 Å². The zero-order valence-electron chi connectivity index (χ0n) is 9.57. The van der Waals surface area contributed by atoms with E-state index in [1.165, 1.54) is 21.9 Å². The van der Waals surface area contributed by atoms with Crippen LogP contribution in [0.25, 0.3) is 5.78 Å². The summed E-state index contributed by atoms with van der Waals surface area (Å²) in [5.41, 5.74) is 0.641. The Morgan fingerprint density at radius 1 is 1.33 bits per heavy atom. The molecular formula is C9H8ClN7O. The number of aromatic nitrogens is 7. The number of aryl methyl sites for hydroxylation is 1. The SMILES string of the molecule is Cc1c(Cl)nc2ncnn2c1Oc1ncn(C)n1. The third-order valence-electron chi connectivity index (χ3n) is 2.32. The molecule has 8 nitrogen and oxygen atoms in total. The molecule has 0 aliphatic heterocycles. The van der Waals surface area contributed by atoms with Crippen molar-refractivity contribution in [3.63, 3.8) is 0 Å². The van der Waals surface area contributed by atoms with E-state index in [0.29, 0.717) is 22.4 Å². The highest BCUT2D eigenvalue weighted by atomic mass is 35.5. The summed E-state index contributed by atoms with van der Waals surface area (Å²) >= 11 is 6.00. The van der Waals surface area contributed by atoms with Gasteiger partial charge >= 0.3 is 6.01 Å². The Labute approximate surface area is 106 Å². The second-order valence-electron chi connectivity index (χ2n) is 3.61. The summed E-state index contributed by atoms with van der Waals surface area (Å²) in [6, 6.07) is 0.208. The summed E-state index contributed by atoms with van der Waals surface area (Å²) < 4.78 is 8.55. The normalized spacial score (nSPS) is 11.1. The first kappa shape index (κ1) is 10.9. The third kappa shape index (κ3) is 1.66. The molecule has 0 aromatic carbocycles. The summed E-state index contributed by atoms with van der Waals surface area (Å²) in [5, 5.41) is 8.35. The predicted octanol–water partition coefficient (Wildman–Crippen LogP) is 1.01. The fourth-order valence-corrected chi connectivity index (χ4v) is 1.60. The zero-order chi connectivity index (χ0) is 12.7. The highest BCUT2D eigenvalue weighted by Crippen LogP contribution is 2.26. The second kappa shape index (κ2) is 3.91. The summed E-state index contributed by atoms with van der Waals surface area (Å²) in [6.45, 7) is 1.77. The van der Waals surface area contributed by atoms with Crippen LogP contribution in [0.15, 0.2) is 12.7 Å². The van der Waals surface area contributed by atoms with Crippen LogP contribution in [0.4, 0.5) is 0 Å². The van der Waals surface area contributed by atoms with Gasteiger partial charge in [-0.1, -0.05) is 11.6 Å². The average molecular weight is 266 g/mol. The smallest absolute Gasteiger partial charge is 0.342 e. The lowest BCUT2D eigenvalue weighted by Gasteiger charge is -2.07. The molecule has 3 aromatic rings. The van der Waals surface area contributed by atoms with E-state index in [9.17, 15) is 0 Å². The number of rotatable bonds is 2. The maximum absolute atomic E-state index is 6.00. The summed E-state index contributed by atoms with van der Waals surface area (Å²) in [5.74, 6) is 0.755. The lowest BCUT2D eigenvalue weighted by atomic mass is 10.4. The van der Waals surface area contributed by atoms with E-state index in [0.717, 1.165) is 0 Å². The molecule has 0 bridgehead atoms. The Hall–Kier alpha value is -2.22. The lowest BCUT2D eigenvalue weighted by Crippen LogP contribution is -2.02. The first-order chi connectivity index (χ1) is 8.65. The van der Waals surface area contributed by atoms with Crippen LogP contribution in [0.1, 0.15) is 5.56 Å². The number of halogens is 1. The molecule has 0 saturated heterocycles. The molecule has 3 heterocycles. The number of hydrogen-bond donors (Lipinski definition) is 0. The minimum atomic E-state index is 0.208. The number of hydrogen-bond acceptors (Lipinski definition) is 6. The highest BCUT2D eigenvalue weighted by Gasteiger charge is 2.15. The van der Waals surface area contributed by atoms with Crippen LogP contribution in [0, 0.1) is 6.92 Å². The van der Waals surface area contributed by atoms with E-state index in [2.05, 4.69) is 25.1 Å². The van der Waals surface area contributed by atoms with Crippen LogP contribution in [-0.2, 0) is 7.05 Å². The van der Waals surface area contributed by atoms with Crippen molar-refractivity contribution < 1.29 is 4.74 Å². The first-order valence-electron chi connectivity index (χ1n) is 5.04. The molecule has 92 valence electrons. The van der Waals surface area contributed by atoms with E-state index in [-0.39, 0.29) is 6.01 Å². The van der Waals surface area contributed by atoms with Crippen molar-refractivity contribution in [3.05, 3.63) is 23.4 Å². The van der Waals surface area contributed by atoms with Gasteiger partial charge in [0.2, 0.25) is 5.88 Å². The van der Waals surface area contributed by atoms with Gasteiger partial charge in [0.25, 0.3) is 5.78 Å². The third-order valence-corrected chi connectivity index (χ3v) is 2.69. The molecule has 0 aliphatic rings. The highest BCUT2D eigenvalue weighted by molar-refractivity contribution is 6.30. The molecule has 0 fully saturated rings. The van der Waals surface area contributed by atoms with Crippen molar-refractivity contribution in [1.82, 2.24) is 34.3 Å². The van der Waals surface area contributed by atoms with Crippen LogP contribution < -0.4 is 4.74 Å². The fourth-order valence-electron chi connectivity index (χ4n) is 1.45. The zero-order valence-corrected chi connectivity index (χ0v) is 10.3. The molecule has 0 spiro atoms. The Bertz CT molecular complexity index is 719. The van der Waals surface area contributed by atoms with Crippen LogP contribution in [-0.4, -0.2) is 34.3 Å². The topological polar surface area (TPSA) is 83.0 Å². The maximum atomic E-state index is 6.00. The molecule has 0 aliphatic carbocycles. The van der Waals surface area contributed by atoms with Crippen molar-refractivity contribution in [2.75, 3.05) is 0 Å². The molecule has 0 N–H and O–H groups in total. The van der Waals surface area contributed by atoms with Crippen molar-refractivity contribution in [2.45, 2.75) is 6.92 Å². The number of ether oxygens (including phenoxy) is 1. The molecule has 9 heteroatoms. The van der Waals surface area contributed by atoms with Gasteiger partial charge in [-0.25, -0.2) is 0 Å². The Kier molecular flexibility index (Phi) is 2.37. The number of nitrogens with zero attached hydrogens (tertiary/aromatic N) is 7. The summed E-state index contributed by atoms with van der Waals surface area (Å²) in [6.07, 6.45) is 2.91. The minimum absolute atomic E-state index is 0.208. The van der Waals surface area contributed by atoms with Gasteiger partial charge < -0.3 is 4.74 Å². The van der Waals surface area contributed by atoms with Gasteiger partial charge in [-0.15, -0.1) is 5.10 Å². The van der Waals surface area contributed by atoms with Crippen molar-refractivity contribution in [1.29, 1.82) is 0 Å². The molecule has 3 aromatic heterocycles. The summed E-state index contributed by atoms with van der Waals surface area (Å²) in [4.78, 5) is 12.0. The molecule has 0 saturated carbocycles. The Morgan fingerprint density at radius 2 is 2.17 bits per heavy atom. The average Bonchev–Trinajstić information content (AvgIpc) is 2.93. The Morgan fingerprint density at radius 3 is 2.89 bits per heavy atom. The minimum Gasteiger partial charge on any atom is -0.404 e. The Balaban J connectivity index is 2.15. The van der Waals surface area contributed by atoms with Gasteiger partial charge in [0.15, 0.2) is 0 Å². The lowest BCUT2D eigenvalue weighted by molar-refractivity contribution is 0.405. The first-order valence-corrected chi connectivity index (χ1v) is 5.42. The largest absolute Gasteiger partial charge is 0.404 e. The van der Waals surface area contributed by atoms with Crippen LogP contribution in [0.5, 0.6) is 11.9 Å². The molecule has 0 atom stereocenters. The molecule has 0 unspecified atom stereocenters. The van der Waals surface area contributed by atoms with Crippen molar-refractivity contribution in [3.8, 4) is 11.9 Å².